The molecule has 0 aliphatic carbocycles. The topological polar surface area (TPSA) is 115 Å². The van der Waals surface area contributed by atoms with Crippen LogP contribution in [0.1, 0.15) is 42.2 Å². The van der Waals surface area contributed by atoms with Gasteiger partial charge >= 0.3 is 0 Å². The molecule has 1 fully saturated rings. The molecule has 0 bridgehead atoms. The van der Waals surface area contributed by atoms with Gasteiger partial charge < -0.3 is 21.7 Å². The standard InChI is InChI=1S/C22H28FN7OS/c1-3-13-6-4-8-15(17(13)23)21-28-18(19(25)32-21)20(31)27-16-12-26-29(2)22(16)30-10-5-7-14(24)9-11-30/h4,6,8,12,14H,3,5,7,9-11,24-25H2,1-2H3,(H,27,31). The Hall–Kier alpha value is -2.98. The zero-order chi connectivity index (χ0) is 22.8. The van der Waals surface area contributed by atoms with Crippen molar-refractivity contribution in [2.24, 2.45) is 12.8 Å². The number of carbonyl (C=O) groups is 1. The molecular weight excluding hydrogens is 429 g/mol. The van der Waals surface area contributed by atoms with E-state index in [-0.39, 0.29) is 22.6 Å². The number of nitrogens with zero attached hydrogens (tertiary/aromatic N) is 4. The average molecular weight is 458 g/mol. The number of nitrogens with one attached hydrogen (secondary N) is 1. The third-order valence-corrected chi connectivity index (χ3v) is 6.70. The van der Waals surface area contributed by atoms with E-state index in [1.165, 1.54) is 0 Å². The highest BCUT2D eigenvalue weighted by molar-refractivity contribution is 7.19. The van der Waals surface area contributed by atoms with Crippen LogP contribution in [0.25, 0.3) is 10.6 Å². The van der Waals surface area contributed by atoms with Crippen molar-refractivity contribution in [3.63, 3.8) is 0 Å². The number of thiazole rings is 1. The van der Waals surface area contributed by atoms with Crippen LogP contribution < -0.4 is 21.7 Å². The number of hydrogen-bond donors (Lipinski definition) is 3. The summed E-state index contributed by atoms with van der Waals surface area (Å²) in [6.07, 6.45) is 5.02. The molecule has 1 aliphatic heterocycles. The van der Waals surface area contributed by atoms with Crippen molar-refractivity contribution in [1.82, 2.24) is 14.8 Å². The van der Waals surface area contributed by atoms with Crippen LogP contribution in [0.5, 0.6) is 0 Å². The van der Waals surface area contributed by atoms with Crippen LogP contribution in [-0.2, 0) is 13.5 Å². The minimum atomic E-state index is -0.446. The molecule has 0 saturated carbocycles. The third kappa shape index (κ3) is 4.33. The summed E-state index contributed by atoms with van der Waals surface area (Å²) >= 11 is 1.10. The SMILES string of the molecule is CCc1cccc(-c2nc(C(=O)Nc3cnn(C)c3N3CCCC(N)CC3)c(N)s2)c1F. The predicted molar refractivity (Wildman–Crippen MR) is 126 cm³/mol. The van der Waals surface area contributed by atoms with Crippen LogP contribution in [0.4, 0.5) is 20.9 Å². The average Bonchev–Trinajstić information content (AvgIpc) is 3.25. The lowest BCUT2D eigenvalue weighted by molar-refractivity contribution is 0.102. The summed E-state index contributed by atoms with van der Waals surface area (Å²) in [7, 11) is 1.84. The molecule has 0 spiro atoms. The van der Waals surface area contributed by atoms with Gasteiger partial charge in [-0.15, -0.1) is 0 Å². The maximum Gasteiger partial charge on any atom is 0.277 e. The Labute approximate surface area is 190 Å². The summed E-state index contributed by atoms with van der Waals surface area (Å²) in [6, 6.07) is 5.36. The zero-order valence-electron chi connectivity index (χ0n) is 18.3. The van der Waals surface area contributed by atoms with Gasteiger partial charge in [0.25, 0.3) is 5.91 Å². The number of benzene rings is 1. The van der Waals surface area contributed by atoms with E-state index in [9.17, 15) is 9.18 Å². The van der Waals surface area contributed by atoms with Crippen molar-refractivity contribution < 1.29 is 9.18 Å². The number of carbonyl (C=O) groups excluding carboxylic acids is 1. The molecule has 4 rings (SSSR count). The van der Waals surface area contributed by atoms with Crippen molar-refractivity contribution in [1.29, 1.82) is 0 Å². The molecule has 1 atom stereocenters. The number of rotatable bonds is 5. The summed E-state index contributed by atoms with van der Waals surface area (Å²) in [4.78, 5) is 19.6. The fourth-order valence-corrected chi connectivity index (χ4v) is 4.89. The molecule has 32 heavy (non-hydrogen) atoms. The second-order valence-corrected chi connectivity index (χ2v) is 9.03. The summed E-state index contributed by atoms with van der Waals surface area (Å²) in [5.41, 5.74) is 13.8. The number of hydrogen-bond acceptors (Lipinski definition) is 7. The molecule has 10 heteroatoms. The monoisotopic (exact) mass is 457 g/mol. The minimum Gasteiger partial charge on any atom is -0.389 e. The van der Waals surface area contributed by atoms with E-state index in [0.717, 1.165) is 49.5 Å². The Morgan fingerprint density at radius 2 is 2.16 bits per heavy atom. The Kier molecular flexibility index (Phi) is 6.43. The first kappa shape index (κ1) is 22.2. The molecule has 5 N–H and O–H groups in total. The van der Waals surface area contributed by atoms with Crippen molar-refractivity contribution in [3.8, 4) is 10.6 Å². The van der Waals surface area contributed by atoms with Gasteiger partial charge in [0.05, 0.1) is 6.20 Å². The van der Waals surface area contributed by atoms with Gasteiger partial charge in [0.15, 0.2) is 11.5 Å². The van der Waals surface area contributed by atoms with Gasteiger partial charge in [-0.3, -0.25) is 9.48 Å². The largest absolute Gasteiger partial charge is 0.389 e. The Morgan fingerprint density at radius 1 is 1.34 bits per heavy atom. The van der Waals surface area contributed by atoms with E-state index in [4.69, 9.17) is 11.5 Å². The summed E-state index contributed by atoms with van der Waals surface area (Å²) < 4.78 is 16.5. The van der Waals surface area contributed by atoms with E-state index < -0.39 is 5.91 Å². The maximum absolute atomic E-state index is 14.8. The first-order valence-electron chi connectivity index (χ1n) is 10.8. The molecule has 1 amide bonds. The van der Waals surface area contributed by atoms with Crippen molar-refractivity contribution >= 4 is 33.8 Å². The first-order chi connectivity index (χ1) is 15.4. The van der Waals surface area contributed by atoms with Crippen LogP contribution in [0, 0.1) is 5.82 Å². The highest BCUT2D eigenvalue weighted by atomic mass is 32.1. The molecule has 8 nitrogen and oxygen atoms in total. The van der Waals surface area contributed by atoms with Crippen LogP contribution in [-0.4, -0.2) is 39.8 Å². The number of halogens is 1. The molecule has 1 saturated heterocycles. The molecule has 0 radical (unpaired) electrons. The molecule has 1 unspecified atom stereocenters. The van der Waals surface area contributed by atoms with Crippen molar-refractivity contribution in [2.75, 3.05) is 29.0 Å². The normalized spacial score (nSPS) is 16.8. The van der Waals surface area contributed by atoms with Gasteiger partial charge in [-0.25, -0.2) is 9.37 Å². The van der Waals surface area contributed by atoms with Crippen LogP contribution in [0.3, 0.4) is 0 Å². The molecular formula is C22H28FN7OS. The second-order valence-electron chi connectivity index (χ2n) is 8.00. The Balaban J connectivity index is 1.59. The van der Waals surface area contributed by atoms with Gasteiger partial charge in [0, 0.05) is 31.7 Å². The summed E-state index contributed by atoms with van der Waals surface area (Å²) in [6.45, 7) is 3.52. The molecule has 3 heterocycles. The first-order valence-corrected chi connectivity index (χ1v) is 11.6. The number of aromatic nitrogens is 3. The van der Waals surface area contributed by atoms with Crippen LogP contribution >= 0.6 is 11.3 Å². The number of amides is 1. The second kappa shape index (κ2) is 9.25. The number of nitrogen functional groups attached to an aromatic ring is 1. The van der Waals surface area contributed by atoms with E-state index >= 15 is 0 Å². The highest BCUT2D eigenvalue weighted by Crippen LogP contribution is 2.34. The van der Waals surface area contributed by atoms with E-state index in [0.29, 0.717) is 28.2 Å². The lowest BCUT2D eigenvalue weighted by Gasteiger charge is -2.24. The lowest BCUT2D eigenvalue weighted by atomic mass is 10.1. The third-order valence-electron chi connectivity index (χ3n) is 5.79. The predicted octanol–water partition coefficient (Wildman–Crippen LogP) is 3.40. The number of aryl methyl sites for hydroxylation is 2. The molecule has 1 aromatic carbocycles. The van der Waals surface area contributed by atoms with E-state index in [1.54, 1.807) is 29.1 Å². The van der Waals surface area contributed by atoms with Crippen molar-refractivity contribution in [2.45, 2.75) is 38.6 Å². The van der Waals surface area contributed by atoms with Gasteiger partial charge in [-0.2, -0.15) is 5.10 Å². The number of anilines is 3. The van der Waals surface area contributed by atoms with Crippen LogP contribution in [0.15, 0.2) is 24.4 Å². The van der Waals surface area contributed by atoms with Gasteiger partial charge in [-0.1, -0.05) is 30.4 Å². The Bertz CT molecular complexity index is 1130. The quantitative estimate of drug-likeness (QED) is 0.541. The maximum atomic E-state index is 14.8. The molecule has 1 aliphatic rings. The van der Waals surface area contributed by atoms with Crippen LogP contribution in [0.2, 0.25) is 0 Å². The fourth-order valence-electron chi connectivity index (χ4n) is 4.04. The Morgan fingerprint density at radius 3 is 2.94 bits per heavy atom. The minimum absolute atomic E-state index is 0.0824. The van der Waals surface area contributed by atoms with Gasteiger partial charge in [-0.05, 0) is 37.3 Å². The van der Waals surface area contributed by atoms with Gasteiger partial charge in [0.1, 0.15) is 21.5 Å². The van der Waals surface area contributed by atoms with Crippen molar-refractivity contribution in [3.05, 3.63) is 41.5 Å². The van der Waals surface area contributed by atoms with Gasteiger partial charge in [0.2, 0.25) is 0 Å². The lowest BCUT2D eigenvalue weighted by Crippen LogP contribution is -2.29. The molecule has 170 valence electrons. The molecule has 2 aromatic heterocycles. The fraction of sp³-hybridized carbons (Fsp3) is 0.409. The summed E-state index contributed by atoms with van der Waals surface area (Å²) in [5.74, 6) is 0.0469. The molecule has 3 aromatic rings. The number of nitrogens with two attached hydrogens (primary N) is 2. The zero-order valence-corrected chi connectivity index (χ0v) is 19.1. The summed E-state index contributed by atoms with van der Waals surface area (Å²) in [5, 5.41) is 7.84. The van der Waals surface area contributed by atoms with E-state index in [2.05, 4.69) is 20.3 Å². The highest BCUT2D eigenvalue weighted by Gasteiger charge is 2.24. The smallest absolute Gasteiger partial charge is 0.277 e. The van der Waals surface area contributed by atoms with E-state index in [1.807, 2.05) is 14.0 Å².